The molecule has 0 atom stereocenters. The van der Waals surface area contributed by atoms with E-state index in [-0.39, 0.29) is 5.60 Å². The lowest BCUT2D eigenvalue weighted by Crippen LogP contribution is -2.48. The maximum absolute atomic E-state index is 12.4. The highest BCUT2D eigenvalue weighted by atomic mass is 32.2. The van der Waals surface area contributed by atoms with Crippen LogP contribution in [0.4, 0.5) is 0 Å². The monoisotopic (exact) mass is 315 g/mol. The molecule has 0 amide bonds. The fraction of sp³-hybridized carbons (Fsp3) is 0.412. The van der Waals surface area contributed by atoms with Gasteiger partial charge < -0.3 is 10.1 Å². The SMILES string of the molecule is Cc1ccc2c(c1)C(=O)C(=O)C1=C2OC2(CCNCC2)CS1. The summed E-state index contributed by atoms with van der Waals surface area (Å²) >= 11 is 1.49. The number of fused-ring (bicyclic) bond motifs is 2. The third kappa shape index (κ3) is 2.03. The van der Waals surface area contributed by atoms with Gasteiger partial charge in [0.05, 0.1) is 0 Å². The molecule has 3 aliphatic rings. The van der Waals surface area contributed by atoms with Crippen molar-refractivity contribution in [1.29, 1.82) is 0 Å². The summed E-state index contributed by atoms with van der Waals surface area (Å²) in [7, 11) is 0. The number of benzene rings is 1. The van der Waals surface area contributed by atoms with Crippen molar-refractivity contribution in [1.82, 2.24) is 5.32 Å². The first kappa shape index (κ1) is 14.0. The number of piperidine rings is 1. The fourth-order valence-corrected chi connectivity index (χ4v) is 4.57. The quantitative estimate of drug-likeness (QED) is 0.745. The van der Waals surface area contributed by atoms with Crippen LogP contribution >= 0.6 is 11.8 Å². The zero-order valence-corrected chi connectivity index (χ0v) is 13.2. The van der Waals surface area contributed by atoms with E-state index in [2.05, 4.69) is 5.32 Å². The summed E-state index contributed by atoms with van der Waals surface area (Å²) < 4.78 is 6.35. The number of rotatable bonds is 0. The molecule has 0 radical (unpaired) electrons. The summed E-state index contributed by atoms with van der Waals surface area (Å²) in [6, 6.07) is 5.66. The van der Waals surface area contributed by atoms with Gasteiger partial charge in [-0.05, 0) is 26.1 Å². The van der Waals surface area contributed by atoms with Crippen molar-refractivity contribution in [3.8, 4) is 0 Å². The van der Waals surface area contributed by atoms with Crippen molar-refractivity contribution in [2.75, 3.05) is 18.8 Å². The molecule has 1 aromatic rings. The molecule has 1 fully saturated rings. The minimum Gasteiger partial charge on any atom is -0.484 e. The Labute approximate surface area is 133 Å². The number of ether oxygens (including phenoxy) is 1. The zero-order chi connectivity index (χ0) is 15.3. The molecular formula is C17H17NO3S. The fourth-order valence-electron chi connectivity index (χ4n) is 3.31. The predicted octanol–water partition coefficient (Wildman–Crippen LogP) is 2.31. The normalized spacial score (nSPS) is 23.1. The summed E-state index contributed by atoms with van der Waals surface area (Å²) in [6.45, 7) is 3.78. The Morgan fingerprint density at radius 2 is 1.91 bits per heavy atom. The molecule has 1 aromatic carbocycles. The minimum atomic E-state index is -0.415. The van der Waals surface area contributed by atoms with Crippen LogP contribution in [0, 0.1) is 6.92 Å². The molecule has 0 aromatic heterocycles. The maximum Gasteiger partial charge on any atom is 0.243 e. The average Bonchev–Trinajstić information content (AvgIpc) is 2.53. The van der Waals surface area contributed by atoms with Gasteiger partial charge in [0.15, 0.2) is 0 Å². The molecular weight excluding hydrogens is 298 g/mol. The molecule has 114 valence electrons. The van der Waals surface area contributed by atoms with Gasteiger partial charge in [-0.3, -0.25) is 9.59 Å². The van der Waals surface area contributed by atoms with Crippen LogP contribution in [0.3, 0.4) is 0 Å². The van der Waals surface area contributed by atoms with Crippen LogP contribution in [0.25, 0.3) is 5.76 Å². The van der Waals surface area contributed by atoms with Gasteiger partial charge in [-0.25, -0.2) is 0 Å². The lowest BCUT2D eigenvalue weighted by Gasteiger charge is -2.42. The Bertz CT molecular complexity index is 717. The number of carbonyl (C=O) groups excluding carboxylic acids is 2. The molecule has 1 saturated heterocycles. The van der Waals surface area contributed by atoms with Crippen LogP contribution in [0.1, 0.15) is 34.3 Å². The summed E-state index contributed by atoms with van der Waals surface area (Å²) in [5, 5.41) is 3.34. The molecule has 0 saturated carbocycles. The van der Waals surface area contributed by atoms with Gasteiger partial charge in [-0.1, -0.05) is 17.7 Å². The van der Waals surface area contributed by atoms with E-state index >= 15 is 0 Å². The molecule has 0 unspecified atom stereocenters. The molecule has 22 heavy (non-hydrogen) atoms. The lowest BCUT2D eigenvalue weighted by atomic mass is 9.90. The molecule has 2 heterocycles. The summed E-state index contributed by atoms with van der Waals surface area (Å²) in [4.78, 5) is 25.2. The summed E-state index contributed by atoms with van der Waals surface area (Å²) in [5.41, 5.74) is 2.02. The minimum absolute atomic E-state index is 0.211. The highest BCUT2D eigenvalue weighted by molar-refractivity contribution is 8.04. The molecule has 1 N–H and O–H groups in total. The van der Waals surface area contributed by atoms with Crippen LogP contribution in [-0.4, -0.2) is 36.0 Å². The number of hydrogen-bond donors (Lipinski definition) is 1. The Kier molecular flexibility index (Phi) is 3.16. The molecule has 1 spiro atoms. The molecule has 1 aliphatic carbocycles. The standard InChI is InChI=1S/C17H17NO3S/c1-10-2-3-11-12(8-10)13(19)14(20)16-15(11)21-17(9-22-16)4-6-18-7-5-17/h2-3,8,18H,4-7,9H2,1H3. The highest BCUT2D eigenvalue weighted by Crippen LogP contribution is 2.46. The summed E-state index contributed by atoms with van der Waals surface area (Å²) in [6.07, 6.45) is 1.86. The van der Waals surface area contributed by atoms with Crippen molar-refractivity contribution >= 4 is 29.1 Å². The third-order valence-corrected chi connectivity index (χ3v) is 5.93. The van der Waals surface area contributed by atoms with Crippen molar-refractivity contribution in [2.45, 2.75) is 25.4 Å². The highest BCUT2D eigenvalue weighted by Gasteiger charge is 2.44. The second kappa shape index (κ2) is 4.96. The van der Waals surface area contributed by atoms with E-state index in [4.69, 9.17) is 4.74 Å². The number of carbonyl (C=O) groups is 2. The van der Waals surface area contributed by atoms with Crippen LogP contribution in [0.2, 0.25) is 0 Å². The van der Waals surface area contributed by atoms with Gasteiger partial charge in [0.25, 0.3) is 0 Å². The van der Waals surface area contributed by atoms with Crippen molar-refractivity contribution in [2.24, 2.45) is 0 Å². The van der Waals surface area contributed by atoms with Crippen LogP contribution in [-0.2, 0) is 9.53 Å². The molecule has 4 rings (SSSR count). The number of nitrogens with one attached hydrogen (secondary N) is 1. The first-order chi connectivity index (χ1) is 10.6. The number of ketones is 2. The average molecular weight is 315 g/mol. The van der Waals surface area contributed by atoms with E-state index in [9.17, 15) is 9.59 Å². The Morgan fingerprint density at radius 3 is 2.68 bits per heavy atom. The van der Waals surface area contributed by atoms with E-state index in [1.54, 1.807) is 6.07 Å². The second-order valence-corrected chi connectivity index (χ2v) is 7.17. The lowest BCUT2D eigenvalue weighted by molar-refractivity contribution is -0.111. The Hall–Kier alpha value is -1.59. The van der Waals surface area contributed by atoms with E-state index in [1.807, 2.05) is 19.1 Å². The maximum atomic E-state index is 12.4. The molecule has 2 aliphatic heterocycles. The number of allylic oxidation sites excluding steroid dienone is 1. The van der Waals surface area contributed by atoms with Gasteiger partial charge in [0.1, 0.15) is 16.3 Å². The molecule has 4 nitrogen and oxygen atoms in total. The van der Waals surface area contributed by atoms with Crippen molar-refractivity contribution < 1.29 is 14.3 Å². The second-order valence-electron chi connectivity index (χ2n) is 6.19. The predicted molar refractivity (Wildman–Crippen MR) is 85.8 cm³/mol. The molecule has 5 heteroatoms. The number of hydrogen-bond acceptors (Lipinski definition) is 5. The van der Waals surface area contributed by atoms with Gasteiger partial charge in [-0.15, -0.1) is 11.8 Å². The van der Waals surface area contributed by atoms with E-state index < -0.39 is 11.6 Å². The van der Waals surface area contributed by atoms with E-state index in [0.717, 1.165) is 42.8 Å². The van der Waals surface area contributed by atoms with Gasteiger partial charge >= 0.3 is 0 Å². The number of thioether (sulfide) groups is 1. The first-order valence-electron chi connectivity index (χ1n) is 7.57. The van der Waals surface area contributed by atoms with Crippen molar-refractivity contribution in [3.05, 3.63) is 39.8 Å². The Morgan fingerprint density at radius 1 is 1.14 bits per heavy atom. The topological polar surface area (TPSA) is 55.4 Å². The van der Waals surface area contributed by atoms with Crippen molar-refractivity contribution in [3.63, 3.8) is 0 Å². The summed E-state index contributed by atoms with van der Waals surface area (Å²) in [5.74, 6) is 0.544. The molecule has 0 bridgehead atoms. The van der Waals surface area contributed by atoms with Gasteiger partial charge in [0, 0.05) is 29.7 Å². The zero-order valence-electron chi connectivity index (χ0n) is 12.4. The van der Waals surface area contributed by atoms with Gasteiger partial charge in [-0.2, -0.15) is 0 Å². The largest absolute Gasteiger partial charge is 0.484 e. The smallest absolute Gasteiger partial charge is 0.243 e. The van der Waals surface area contributed by atoms with Crippen LogP contribution in [0.5, 0.6) is 0 Å². The Balaban J connectivity index is 1.82. The van der Waals surface area contributed by atoms with Crippen LogP contribution in [0.15, 0.2) is 23.1 Å². The number of aryl methyl sites for hydroxylation is 1. The number of Topliss-reactive ketones (excluding diaryl/α,β-unsaturated/α-hetero) is 2. The van der Waals surface area contributed by atoms with E-state index in [0.29, 0.717) is 16.2 Å². The van der Waals surface area contributed by atoms with E-state index in [1.165, 1.54) is 11.8 Å². The van der Waals surface area contributed by atoms with Crippen LogP contribution < -0.4 is 5.32 Å². The van der Waals surface area contributed by atoms with Gasteiger partial charge in [0.2, 0.25) is 11.6 Å². The third-order valence-electron chi connectivity index (χ3n) is 4.60. The first-order valence-corrected chi connectivity index (χ1v) is 8.55.